The molecule has 0 aromatic heterocycles. The predicted molar refractivity (Wildman–Crippen MR) is 68.1 cm³/mol. The van der Waals surface area contributed by atoms with Gasteiger partial charge in [-0.05, 0) is 19.2 Å². The van der Waals surface area contributed by atoms with Crippen LogP contribution in [0.1, 0.15) is 6.42 Å². The fourth-order valence-electron chi connectivity index (χ4n) is 1.41. The van der Waals surface area contributed by atoms with Gasteiger partial charge >= 0.3 is 0 Å². The molecule has 1 amide bonds. The molecular formula is C13H19FN2O2. The Morgan fingerprint density at radius 1 is 1.44 bits per heavy atom. The molecular weight excluding hydrogens is 235 g/mol. The summed E-state index contributed by atoms with van der Waals surface area (Å²) in [6.45, 7) is 1.58. The minimum atomic E-state index is -0.409. The number of halogens is 1. The molecule has 0 heterocycles. The van der Waals surface area contributed by atoms with Gasteiger partial charge in [0.15, 0.2) is 11.6 Å². The van der Waals surface area contributed by atoms with Crippen LogP contribution >= 0.6 is 0 Å². The number of hydrogen-bond acceptors (Lipinski definition) is 3. The largest absolute Gasteiger partial charge is 0.490 e. The van der Waals surface area contributed by atoms with E-state index in [2.05, 4.69) is 5.32 Å². The number of para-hydroxylation sites is 1. The average Bonchev–Trinajstić information content (AvgIpc) is 2.38. The molecule has 0 saturated heterocycles. The van der Waals surface area contributed by atoms with Crippen LogP contribution in [0.15, 0.2) is 24.3 Å². The molecule has 0 atom stereocenters. The van der Waals surface area contributed by atoms with Crippen LogP contribution in [0.25, 0.3) is 0 Å². The maximum absolute atomic E-state index is 13.2. The third-order valence-electron chi connectivity index (χ3n) is 2.53. The second-order valence-corrected chi connectivity index (χ2v) is 3.95. The molecule has 18 heavy (non-hydrogen) atoms. The first-order chi connectivity index (χ1) is 8.65. The molecule has 0 aliphatic carbocycles. The Labute approximate surface area is 107 Å². The zero-order chi connectivity index (χ0) is 13.4. The van der Waals surface area contributed by atoms with Crippen molar-refractivity contribution in [3.8, 4) is 5.75 Å². The Kier molecular flexibility index (Phi) is 6.14. The predicted octanol–water partition coefficient (Wildman–Crippen LogP) is 1.27. The van der Waals surface area contributed by atoms with Gasteiger partial charge in [0.25, 0.3) is 0 Å². The molecule has 0 saturated carbocycles. The summed E-state index contributed by atoms with van der Waals surface area (Å²) in [5.74, 6) is -0.238. The van der Waals surface area contributed by atoms with Gasteiger partial charge in [-0.2, -0.15) is 0 Å². The lowest BCUT2D eigenvalue weighted by Gasteiger charge is -2.17. The summed E-state index contributed by atoms with van der Waals surface area (Å²) in [6, 6.07) is 6.17. The van der Waals surface area contributed by atoms with Crippen LogP contribution in [0.5, 0.6) is 5.75 Å². The molecule has 1 aromatic rings. The van der Waals surface area contributed by atoms with Gasteiger partial charge in [0.2, 0.25) is 5.91 Å². The number of nitrogens with zero attached hydrogens (tertiary/aromatic N) is 1. The molecule has 0 spiro atoms. The monoisotopic (exact) mass is 254 g/mol. The van der Waals surface area contributed by atoms with E-state index in [0.717, 1.165) is 6.54 Å². The lowest BCUT2D eigenvalue weighted by molar-refractivity contribution is -0.130. The number of nitrogens with one attached hydrogen (secondary N) is 1. The van der Waals surface area contributed by atoms with E-state index < -0.39 is 5.82 Å². The van der Waals surface area contributed by atoms with Crippen molar-refractivity contribution in [1.82, 2.24) is 10.2 Å². The van der Waals surface area contributed by atoms with Gasteiger partial charge in [0.1, 0.15) is 0 Å². The normalized spacial score (nSPS) is 10.2. The first kappa shape index (κ1) is 14.4. The third-order valence-corrected chi connectivity index (χ3v) is 2.53. The van der Waals surface area contributed by atoms with Crippen LogP contribution in [0.4, 0.5) is 4.39 Å². The summed E-state index contributed by atoms with van der Waals surface area (Å²) in [4.78, 5) is 13.3. The van der Waals surface area contributed by atoms with Gasteiger partial charge in [-0.15, -0.1) is 0 Å². The number of likely N-dealkylation sites (N-methyl/N-ethyl adjacent to an activating group) is 2. The quantitative estimate of drug-likeness (QED) is 0.797. The summed E-state index contributed by atoms with van der Waals surface area (Å²) in [6.07, 6.45) is 0.245. The van der Waals surface area contributed by atoms with E-state index in [1.165, 1.54) is 6.07 Å². The minimum absolute atomic E-state index is 0.0124. The van der Waals surface area contributed by atoms with Gasteiger partial charge in [-0.3, -0.25) is 4.79 Å². The van der Waals surface area contributed by atoms with Gasteiger partial charge < -0.3 is 15.0 Å². The zero-order valence-corrected chi connectivity index (χ0v) is 10.8. The van der Waals surface area contributed by atoms with Gasteiger partial charge in [-0.1, -0.05) is 12.1 Å². The molecule has 4 nitrogen and oxygen atoms in total. The summed E-state index contributed by atoms with van der Waals surface area (Å²) in [5.41, 5.74) is 0. The second-order valence-electron chi connectivity index (χ2n) is 3.95. The number of carbonyl (C=O) groups is 1. The van der Waals surface area contributed by atoms with E-state index in [-0.39, 0.29) is 24.7 Å². The first-order valence-electron chi connectivity index (χ1n) is 5.91. The molecule has 1 rings (SSSR count). The molecule has 0 aliphatic heterocycles. The Balaban J connectivity index is 2.29. The lowest BCUT2D eigenvalue weighted by atomic mass is 10.3. The molecule has 0 unspecified atom stereocenters. The number of carbonyl (C=O) groups excluding carboxylic acids is 1. The molecule has 0 aliphatic rings. The smallest absolute Gasteiger partial charge is 0.225 e. The number of benzene rings is 1. The molecule has 0 bridgehead atoms. The summed E-state index contributed by atoms with van der Waals surface area (Å²) < 4.78 is 18.4. The van der Waals surface area contributed by atoms with Crippen LogP contribution < -0.4 is 10.1 Å². The maximum Gasteiger partial charge on any atom is 0.225 e. The van der Waals surface area contributed by atoms with E-state index in [0.29, 0.717) is 6.54 Å². The van der Waals surface area contributed by atoms with Crippen molar-refractivity contribution >= 4 is 5.91 Å². The van der Waals surface area contributed by atoms with Crippen LogP contribution in [-0.4, -0.2) is 44.6 Å². The van der Waals surface area contributed by atoms with Crippen molar-refractivity contribution in [2.75, 3.05) is 33.8 Å². The molecule has 0 fully saturated rings. The molecule has 1 N–H and O–H groups in total. The van der Waals surface area contributed by atoms with Crippen molar-refractivity contribution in [1.29, 1.82) is 0 Å². The third kappa shape index (κ3) is 4.71. The van der Waals surface area contributed by atoms with Gasteiger partial charge in [0.05, 0.1) is 13.0 Å². The van der Waals surface area contributed by atoms with Gasteiger partial charge in [-0.25, -0.2) is 4.39 Å². The zero-order valence-electron chi connectivity index (χ0n) is 10.8. The Morgan fingerprint density at radius 3 is 2.83 bits per heavy atom. The van der Waals surface area contributed by atoms with Gasteiger partial charge in [0, 0.05) is 20.1 Å². The SMILES string of the molecule is CNCCN(C)C(=O)CCOc1ccccc1F. The number of hydrogen-bond donors (Lipinski definition) is 1. The van der Waals surface area contributed by atoms with Crippen molar-refractivity contribution < 1.29 is 13.9 Å². The molecule has 0 radical (unpaired) electrons. The van der Waals surface area contributed by atoms with Crippen LogP contribution in [0.3, 0.4) is 0 Å². The highest BCUT2D eigenvalue weighted by molar-refractivity contribution is 5.75. The molecule has 1 aromatic carbocycles. The topological polar surface area (TPSA) is 41.6 Å². The minimum Gasteiger partial charge on any atom is -0.490 e. The van der Waals surface area contributed by atoms with Crippen molar-refractivity contribution in [3.63, 3.8) is 0 Å². The Hall–Kier alpha value is -1.62. The highest BCUT2D eigenvalue weighted by Gasteiger charge is 2.09. The van der Waals surface area contributed by atoms with E-state index >= 15 is 0 Å². The van der Waals surface area contributed by atoms with E-state index in [9.17, 15) is 9.18 Å². The highest BCUT2D eigenvalue weighted by Crippen LogP contribution is 2.15. The van der Waals surface area contributed by atoms with Crippen molar-refractivity contribution in [2.24, 2.45) is 0 Å². The summed E-state index contributed by atoms with van der Waals surface area (Å²) in [5, 5.41) is 2.97. The van der Waals surface area contributed by atoms with Crippen molar-refractivity contribution in [2.45, 2.75) is 6.42 Å². The number of amides is 1. The fraction of sp³-hybridized carbons (Fsp3) is 0.462. The molecule has 100 valence electrons. The Bertz CT molecular complexity index is 385. The first-order valence-corrected chi connectivity index (χ1v) is 5.91. The summed E-state index contributed by atoms with van der Waals surface area (Å²) in [7, 11) is 3.57. The van der Waals surface area contributed by atoms with E-state index in [1.807, 2.05) is 7.05 Å². The number of ether oxygens (including phenoxy) is 1. The highest BCUT2D eigenvalue weighted by atomic mass is 19.1. The maximum atomic E-state index is 13.2. The molecule has 5 heteroatoms. The van der Waals surface area contributed by atoms with Crippen LogP contribution in [0, 0.1) is 5.82 Å². The van der Waals surface area contributed by atoms with Crippen LogP contribution in [0.2, 0.25) is 0 Å². The lowest BCUT2D eigenvalue weighted by Crippen LogP contribution is -2.33. The second kappa shape index (κ2) is 7.66. The fourth-order valence-corrected chi connectivity index (χ4v) is 1.41. The summed E-state index contributed by atoms with van der Waals surface area (Å²) >= 11 is 0. The van der Waals surface area contributed by atoms with E-state index in [4.69, 9.17) is 4.74 Å². The van der Waals surface area contributed by atoms with Crippen LogP contribution in [-0.2, 0) is 4.79 Å². The Morgan fingerprint density at radius 2 is 2.17 bits per heavy atom. The average molecular weight is 254 g/mol. The number of rotatable bonds is 7. The van der Waals surface area contributed by atoms with Crippen molar-refractivity contribution in [3.05, 3.63) is 30.1 Å². The standard InChI is InChI=1S/C13H19FN2O2/c1-15-8-9-16(2)13(17)7-10-18-12-6-4-3-5-11(12)14/h3-6,15H,7-10H2,1-2H3. The van der Waals surface area contributed by atoms with E-state index in [1.54, 1.807) is 30.1 Å².